The topological polar surface area (TPSA) is 162 Å². The number of likely N-dealkylation sites (tertiary alicyclic amines) is 2. The van der Waals surface area contributed by atoms with Crippen LogP contribution in [0.25, 0.3) is 0 Å². The number of halogens is 4. The van der Waals surface area contributed by atoms with E-state index in [0.717, 1.165) is 24.1 Å². The molecule has 2 amide bonds. The Kier molecular flexibility index (Phi) is 10.0. The summed E-state index contributed by atoms with van der Waals surface area (Å²) in [5.74, 6) is -9.67. The van der Waals surface area contributed by atoms with Gasteiger partial charge in [0.05, 0.1) is 46.0 Å². The van der Waals surface area contributed by atoms with Crippen molar-refractivity contribution in [2.75, 3.05) is 12.3 Å². The number of nitrogens with two attached hydrogens (primary N) is 1. The molecule has 17 heteroatoms. The van der Waals surface area contributed by atoms with Crippen molar-refractivity contribution in [1.82, 2.24) is 14.8 Å². The van der Waals surface area contributed by atoms with Gasteiger partial charge < -0.3 is 25.1 Å². The third-order valence-electron chi connectivity index (χ3n) is 7.45. The number of hydrogen-bond acceptors (Lipinski definition) is 9. The van der Waals surface area contributed by atoms with Crippen molar-refractivity contribution in [2.45, 2.75) is 120 Å². The number of esters is 1. The highest BCUT2D eigenvalue weighted by molar-refractivity contribution is 6.17. The quantitative estimate of drug-likeness (QED) is 0.134. The number of alkyl halides is 4. The normalized spacial score (nSPS) is 25.7. The Hall–Kier alpha value is -3.63. The second-order valence-corrected chi connectivity index (χ2v) is 14.5. The van der Waals surface area contributed by atoms with Gasteiger partial charge in [0.1, 0.15) is 22.9 Å². The number of anilines is 1. The van der Waals surface area contributed by atoms with Crippen LogP contribution in [0.3, 0.4) is 0 Å². The van der Waals surface area contributed by atoms with Gasteiger partial charge in [0.15, 0.2) is 0 Å². The number of nitrogen functional groups attached to an aromatic ring is 1. The molecule has 3 rings (SSSR count). The zero-order chi connectivity index (χ0) is 35.2. The third-order valence-corrected chi connectivity index (χ3v) is 8.06. The van der Waals surface area contributed by atoms with Crippen molar-refractivity contribution < 1.29 is 56.1 Å². The van der Waals surface area contributed by atoms with Crippen LogP contribution in [0.15, 0.2) is 12.3 Å². The molecular weight excluding hydrogens is 636 g/mol. The molecule has 3 heterocycles. The van der Waals surface area contributed by atoms with Gasteiger partial charge in [-0.2, -0.15) is 0 Å². The maximum absolute atomic E-state index is 15.1. The van der Waals surface area contributed by atoms with Gasteiger partial charge in [-0.1, -0.05) is 0 Å². The smallest absolute Gasteiger partial charge is 0.411 e. The minimum Gasteiger partial charge on any atom is -0.480 e. The van der Waals surface area contributed by atoms with Gasteiger partial charge in [-0.15, -0.1) is 0 Å². The highest BCUT2D eigenvalue weighted by Crippen LogP contribution is 2.52. The SMILES string of the molecule is CC(C)(C)OC(=O)N1C(C(=O)O)CC(F)(F)[C@@H]1CCCOC(=O)c1cc(C2CC(F)(F)[C@@](C)([Si])N2C(=O)OC(C)(C)C)c(N)cn1. The summed E-state index contributed by atoms with van der Waals surface area (Å²) in [4.78, 5) is 55.6. The first-order valence-electron chi connectivity index (χ1n) is 14.5. The van der Waals surface area contributed by atoms with Crippen molar-refractivity contribution in [3.63, 3.8) is 0 Å². The molecule has 4 atom stereocenters. The lowest BCUT2D eigenvalue weighted by molar-refractivity contribution is -0.142. The highest BCUT2D eigenvalue weighted by atomic mass is 28.1. The zero-order valence-corrected chi connectivity index (χ0v) is 27.7. The third kappa shape index (κ3) is 7.83. The number of aliphatic carboxylic acids is 1. The number of hydrogen-bond donors (Lipinski definition) is 2. The molecule has 0 spiro atoms. The number of aromatic nitrogens is 1. The number of ether oxygens (including phenoxy) is 3. The fourth-order valence-corrected chi connectivity index (χ4v) is 5.68. The Labute approximate surface area is 267 Å². The van der Waals surface area contributed by atoms with Crippen LogP contribution in [0.1, 0.15) is 96.2 Å². The van der Waals surface area contributed by atoms with E-state index in [1.165, 1.54) is 20.8 Å². The predicted molar refractivity (Wildman–Crippen MR) is 156 cm³/mol. The van der Waals surface area contributed by atoms with E-state index in [1.807, 2.05) is 0 Å². The number of carbonyl (C=O) groups excluding carboxylic acids is 3. The van der Waals surface area contributed by atoms with Gasteiger partial charge in [0, 0.05) is 18.4 Å². The molecule has 255 valence electrons. The van der Waals surface area contributed by atoms with Crippen LogP contribution in [-0.2, 0) is 19.0 Å². The summed E-state index contributed by atoms with van der Waals surface area (Å²) in [6, 6.07) is -3.90. The summed E-state index contributed by atoms with van der Waals surface area (Å²) in [6.45, 7) is 9.90. The molecule has 2 aliphatic heterocycles. The molecule has 0 bridgehead atoms. The number of carbonyl (C=O) groups is 4. The van der Waals surface area contributed by atoms with Crippen LogP contribution < -0.4 is 5.73 Å². The van der Waals surface area contributed by atoms with E-state index in [2.05, 4.69) is 15.2 Å². The minimum absolute atomic E-state index is 0.0206. The minimum atomic E-state index is -3.56. The molecule has 1 aromatic rings. The van der Waals surface area contributed by atoms with E-state index >= 15 is 8.78 Å². The number of carboxylic acids is 1. The lowest BCUT2D eigenvalue weighted by Gasteiger charge is -2.38. The van der Waals surface area contributed by atoms with Crippen LogP contribution in [0, 0.1) is 0 Å². The van der Waals surface area contributed by atoms with E-state index in [0.29, 0.717) is 4.90 Å². The first-order valence-corrected chi connectivity index (χ1v) is 15.0. The van der Waals surface area contributed by atoms with Crippen molar-refractivity contribution in [2.24, 2.45) is 0 Å². The van der Waals surface area contributed by atoms with Crippen LogP contribution >= 0.6 is 0 Å². The van der Waals surface area contributed by atoms with Crippen LogP contribution in [0.5, 0.6) is 0 Å². The van der Waals surface area contributed by atoms with E-state index in [-0.39, 0.29) is 23.4 Å². The molecule has 0 aliphatic carbocycles. The Balaban J connectivity index is 1.76. The molecule has 2 aliphatic rings. The standard InChI is InChI=1S/C29H39F4N4O8Si/c1-25(2,3)44-23(41)36-19(21(38)39)12-28(30,31)20(36)9-8-10-43-22(40)17-11-15(16(34)14-35-17)18-13-29(32,33)27(7,46)37(18)24(42)45-26(4,5)6/h11,14,18-20H,8-10,12-13,34H2,1-7H3,(H,38,39)/t18?,19?,20-,27+/m0/s1. The first kappa shape index (κ1) is 36.8. The molecular formula is C29H39F4N4O8Si. The maximum atomic E-state index is 15.1. The van der Waals surface area contributed by atoms with Gasteiger partial charge in [0.2, 0.25) is 0 Å². The molecule has 2 unspecified atom stereocenters. The fourth-order valence-electron chi connectivity index (χ4n) is 5.33. The van der Waals surface area contributed by atoms with Gasteiger partial charge in [-0.3, -0.25) is 9.80 Å². The second-order valence-electron chi connectivity index (χ2n) is 13.5. The van der Waals surface area contributed by atoms with Crippen LogP contribution in [0.2, 0.25) is 0 Å². The van der Waals surface area contributed by atoms with E-state index in [1.54, 1.807) is 20.8 Å². The van der Waals surface area contributed by atoms with Crippen LogP contribution in [-0.4, -0.2) is 101 Å². The molecule has 2 saturated heterocycles. The van der Waals surface area contributed by atoms with Gasteiger partial charge in [-0.25, -0.2) is 41.7 Å². The molecule has 3 N–H and O–H groups in total. The number of amides is 2. The average molecular weight is 676 g/mol. The summed E-state index contributed by atoms with van der Waals surface area (Å²) in [7, 11) is 3.04. The number of nitrogens with zero attached hydrogens (tertiary/aromatic N) is 3. The predicted octanol–water partition coefficient (Wildman–Crippen LogP) is 4.90. The Morgan fingerprint density at radius 2 is 1.61 bits per heavy atom. The zero-order valence-electron chi connectivity index (χ0n) is 26.7. The second kappa shape index (κ2) is 12.5. The lowest BCUT2D eigenvalue weighted by atomic mass is 10.0. The Morgan fingerprint density at radius 1 is 1.04 bits per heavy atom. The first-order chi connectivity index (χ1) is 20.8. The summed E-state index contributed by atoms with van der Waals surface area (Å²) in [5, 5.41) is 7.31. The average Bonchev–Trinajstić information content (AvgIpc) is 3.24. The van der Waals surface area contributed by atoms with E-state index in [9.17, 15) is 33.1 Å². The van der Waals surface area contributed by atoms with Crippen LogP contribution in [0.4, 0.5) is 32.8 Å². The Bertz CT molecular complexity index is 1370. The highest BCUT2D eigenvalue weighted by Gasteiger charge is 2.63. The van der Waals surface area contributed by atoms with Crippen molar-refractivity contribution >= 4 is 40.1 Å². The van der Waals surface area contributed by atoms with Gasteiger partial charge in [0.25, 0.3) is 11.8 Å². The molecule has 0 aromatic carbocycles. The van der Waals surface area contributed by atoms with E-state index in [4.69, 9.17) is 19.9 Å². The van der Waals surface area contributed by atoms with Gasteiger partial charge in [-0.05, 0) is 67.4 Å². The van der Waals surface area contributed by atoms with Crippen molar-refractivity contribution in [1.29, 1.82) is 0 Å². The molecule has 0 saturated carbocycles. The summed E-state index contributed by atoms with van der Waals surface area (Å²) in [6.07, 6.45) is -3.84. The largest absolute Gasteiger partial charge is 0.480 e. The molecule has 12 nitrogen and oxygen atoms in total. The fraction of sp³-hybridized carbons (Fsp3) is 0.690. The summed E-state index contributed by atoms with van der Waals surface area (Å²) >= 11 is 0. The monoisotopic (exact) mass is 675 g/mol. The lowest BCUT2D eigenvalue weighted by Crippen LogP contribution is -2.55. The Morgan fingerprint density at radius 3 is 2.15 bits per heavy atom. The maximum Gasteiger partial charge on any atom is 0.411 e. The number of pyridine rings is 1. The van der Waals surface area contributed by atoms with E-state index < -0.39 is 96.3 Å². The summed E-state index contributed by atoms with van der Waals surface area (Å²) < 4.78 is 75.8. The number of rotatable bonds is 7. The number of carboxylic acid groups (broad SMARTS) is 1. The molecule has 1 aromatic heterocycles. The summed E-state index contributed by atoms with van der Waals surface area (Å²) in [5.41, 5.74) is 3.50. The molecule has 2 fully saturated rings. The van der Waals surface area contributed by atoms with Crippen molar-refractivity contribution in [3.8, 4) is 0 Å². The van der Waals surface area contributed by atoms with Crippen molar-refractivity contribution in [3.05, 3.63) is 23.5 Å². The molecule has 3 radical (unpaired) electrons. The van der Waals surface area contributed by atoms with Gasteiger partial charge >= 0.3 is 24.1 Å². The molecule has 46 heavy (non-hydrogen) atoms.